The first-order chi connectivity index (χ1) is 10.7. The fraction of sp³-hybridized carbons (Fsp3) is 0.400. The lowest BCUT2D eigenvalue weighted by molar-refractivity contribution is 0.0639. The number of amides is 2. The molecule has 0 radical (unpaired) electrons. The largest absolute Gasteiger partial charge is 0.372 e. The van der Waals surface area contributed by atoms with Crippen LogP contribution in [0.25, 0.3) is 0 Å². The number of nitrogens with one attached hydrogen (secondary N) is 2. The van der Waals surface area contributed by atoms with Crippen LogP contribution in [0, 0.1) is 6.92 Å². The molecule has 0 unspecified atom stereocenters. The number of carbonyl (C=O) groups excluding carboxylic acids is 1. The van der Waals surface area contributed by atoms with E-state index in [1.54, 1.807) is 6.92 Å². The third-order valence-corrected chi connectivity index (χ3v) is 2.96. The van der Waals surface area contributed by atoms with Crippen molar-refractivity contribution in [2.24, 2.45) is 0 Å². The molecule has 1 aromatic carbocycles. The van der Waals surface area contributed by atoms with Crippen molar-refractivity contribution in [3.63, 3.8) is 0 Å². The second kappa shape index (κ2) is 8.14. The zero-order chi connectivity index (χ0) is 15.8. The van der Waals surface area contributed by atoms with Crippen LogP contribution >= 0.6 is 0 Å². The summed E-state index contributed by atoms with van der Waals surface area (Å²) in [6, 6.07) is 9.48. The number of aryl methyl sites for hydroxylation is 1. The summed E-state index contributed by atoms with van der Waals surface area (Å²) in [6.07, 6.45) is -0.177. The minimum absolute atomic E-state index is 0.177. The zero-order valence-corrected chi connectivity index (χ0v) is 12.7. The van der Waals surface area contributed by atoms with E-state index in [4.69, 9.17) is 9.26 Å². The molecular weight excluding hydrogens is 284 g/mol. The van der Waals surface area contributed by atoms with Crippen LogP contribution in [0.2, 0.25) is 0 Å². The molecule has 1 heterocycles. The molecule has 22 heavy (non-hydrogen) atoms. The Morgan fingerprint density at radius 1 is 1.32 bits per heavy atom. The van der Waals surface area contributed by atoms with Crippen LogP contribution in [0.4, 0.5) is 4.79 Å². The van der Waals surface area contributed by atoms with Crippen molar-refractivity contribution in [2.45, 2.75) is 26.5 Å². The number of urea groups is 1. The molecule has 118 valence electrons. The van der Waals surface area contributed by atoms with Gasteiger partial charge in [0.25, 0.3) is 0 Å². The second-order valence-electron chi connectivity index (χ2n) is 4.65. The van der Waals surface area contributed by atoms with Crippen LogP contribution in [0.1, 0.15) is 30.3 Å². The molecule has 0 spiro atoms. The van der Waals surface area contributed by atoms with Crippen LogP contribution < -0.4 is 10.6 Å². The van der Waals surface area contributed by atoms with E-state index in [1.807, 2.05) is 37.3 Å². The van der Waals surface area contributed by atoms with E-state index in [2.05, 4.69) is 20.8 Å². The van der Waals surface area contributed by atoms with Gasteiger partial charge in [-0.2, -0.15) is 4.98 Å². The summed E-state index contributed by atoms with van der Waals surface area (Å²) in [5.41, 5.74) is 1.03. The molecule has 7 heteroatoms. The molecule has 0 bridgehead atoms. The average molecular weight is 304 g/mol. The molecule has 0 saturated carbocycles. The summed E-state index contributed by atoms with van der Waals surface area (Å²) in [7, 11) is 0. The molecule has 1 atom stereocenters. The van der Waals surface area contributed by atoms with Gasteiger partial charge in [0.15, 0.2) is 5.82 Å². The Balaban J connectivity index is 1.80. The Morgan fingerprint density at radius 3 is 2.73 bits per heavy atom. The van der Waals surface area contributed by atoms with Crippen molar-refractivity contribution in [3.05, 3.63) is 47.6 Å². The first-order valence-corrected chi connectivity index (χ1v) is 7.16. The Kier molecular flexibility index (Phi) is 5.91. The normalized spacial score (nSPS) is 11.9. The Morgan fingerprint density at radius 2 is 2.09 bits per heavy atom. The van der Waals surface area contributed by atoms with Crippen molar-refractivity contribution < 1.29 is 14.1 Å². The molecule has 1 aromatic heterocycles. The van der Waals surface area contributed by atoms with Crippen molar-refractivity contribution in [1.29, 1.82) is 0 Å². The third-order valence-electron chi connectivity index (χ3n) is 2.96. The summed E-state index contributed by atoms with van der Waals surface area (Å²) in [6.45, 7) is 4.80. The van der Waals surface area contributed by atoms with Crippen LogP contribution in [-0.4, -0.2) is 29.3 Å². The van der Waals surface area contributed by atoms with Gasteiger partial charge in [-0.25, -0.2) is 4.79 Å². The lowest BCUT2D eigenvalue weighted by Crippen LogP contribution is -2.38. The maximum atomic E-state index is 11.8. The highest BCUT2D eigenvalue weighted by Gasteiger charge is 2.13. The molecule has 2 amide bonds. The number of nitrogens with zero attached hydrogens (tertiary/aromatic N) is 2. The minimum atomic E-state index is -0.303. The first kappa shape index (κ1) is 16.0. The topological polar surface area (TPSA) is 89.3 Å². The predicted molar refractivity (Wildman–Crippen MR) is 80.1 cm³/mol. The number of hydrogen-bond acceptors (Lipinski definition) is 5. The molecule has 0 fully saturated rings. The monoisotopic (exact) mass is 304 g/mol. The van der Waals surface area contributed by atoms with Crippen LogP contribution in [-0.2, 0) is 11.3 Å². The lowest BCUT2D eigenvalue weighted by atomic mass is 10.1. The van der Waals surface area contributed by atoms with Crippen molar-refractivity contribution in [3.8, 4) is 0 Å². The molecule has 7 nitrogen and oxygen atoms in total. The van der Waals surface area contributed by atoms with E-state index in [1.165, 1.54) is 0 Å². The number of aromatic nitrogens is 2. The number of ether oxygens (including phenoxy) is 1. The van der Waals surface area contributed by atoms with Gasteiger partial charge in [-0.1, -0.05) is 35.5 Å². The fourth-order valence-electron chi connectivity index (χ4n) is 1.96. The smallest absolute Gasteiger partial charge is 0.315 e. The molecule has 2 rings (SSSR count). The average Bonchev–Trinajstić information content (AvgIpc) is 2.96. The zero-order valence-electron chi connectivity index (χ0n) is 12.7. The van der Waals surface area contributed by atoms with Gasteiger partial charge in [-0.15, -0.1) is 0 Å². The van der Waals surface area contributed by atoms with E-state index < -0.39 is 0 Å². The van der Waals surface area contributed by atoms with Gasteiger partial charge in [-0.05, 0) is 12.5 Å². The second-order valence-corrected chi connectivity index (χ2v) is 4.65. The lowest BCUT2D eigenvalue weighted by Gasteiger charge is -2.18. The molecular formula is C15H20N4O3. The van der Waals surface area contributed by atoms with Crippen LogP contribution in [0.3, 0.4) is 0 Å². The summed E-state index contributed by atoms with van der Waals surface area (Å²) < 4.78 is 10.5. The number of carbonyl (C=O) groups is 1. The van der Waals surface area contributed by atoms with Crippen molar-refractivity contribution >= 4 is 6.03 Å². The first-order valence-electron chi connectivity index (χ1n) is 7.16. The molecule has 0 aliphatic carbocycles. The van der Waals surface area contributed by atoms with Gasteiger partial charge in [0.2, 0.25) is 5.89 Å². The van der Waals surface area contributed by atoms with E-state index in [-0.39, 0.29) is 18.7 Å². The van der Waals surface area contributed by atoms with Gasteiger partial charge >= 0.3 is 6.03 Å². The molecule has 2 aromatic rings. The number of hydrogen-bond donors (Lipinski definition) is 2. The maximum Gasteiger partial charge on any atom is 0.315 e. The summed E-state index contributed by atoms with van der Waals surface area (Å²) in [5, 5.41) is 9.16. The molecule has 2 N–H and O–H groups in total. The van der Waals surface area contributed by atoms with Crippen LogP contribution in [0.5, 0.6) is 0 Å². The Hall–Kier alpha value is -2.41. The quantitative estimate of drug-likeness (QED) is 0.816. The van der Waals surface area contributed by atoms with Crippen molar-refractivity contribution in [1.82, 2.24) is 20.8 Å². The summed E-state index contributed by atoms with van der Waals surface area (Å²) in [4.78, 5) is 15.8. The third kappa shape index (κ3) is 4.85. The van der Waals surface area contributed by atoms with E-state index in [0.717, 1.165) is 5.56 Å². The number of benzene rings is 1. The standard InChI is InChI=1S/C15H20N4O3/c1-3-21-13(12-7-5-4-6-8-12)9-16-15(20)17-10-14-18-11(2)22-19-14/h4-8,13H,3,9-10H2,1-2H3,(H2,16,17,20)/t13-/m1/s1. The molecule has 0 saturated heterocycles. The van der Waals surface area contributed by atoms with Gasteiger partial charge in [-0.3, -0.25) is 0 Å². The number of rotatable bonds is 7. The SMILES string of the molecule is CCO[C@H](CNC(=O)NCc1noc(C)n1)c1ccccc1. The van der Waals surface area contributed by atoms with E-state index >= 15 is 0 Å². The molecule has 0 aliphatic rings. The Bertz CT molecular complexity index is 585. The summed E-state index contributed by atoms with van der Waals surface area (Å²) >= 11 is 0. The van der Waals surface area contributed by atoms with E-state index in [9.17, 15) is 4.79 Å². The van der Waals surface area contributed by atoms with Gasteiger partial charge < -0.3 is 19.9 Å². The highest BCUT2D eigenvalue weighted by Crippen LogP contribution is 2.15. The van der Waals surface area contributed by atoms with E-state index in [0.29, 0.717) is 24.9 Å². The van der Waals surface area contributed by atoms with Gasteiger partial charge in [0, 0.05) is 20.1 Å². The molecule has 0 aliphatic heterocycles. The fourth-order valence-corrected chi connectivity index (χ4v) is 1.96. The van der Waals surface area contributed by atoms with Gasteiger partial charge in [0.05, 0.1) is 12.6 Å². The Labute approximate surface area is 129 Å². The van der Waals surface area contributed by atoms with Crippen LogP contribution in [0.15, 0.2) is 34.9 Å². The highest BCUT2D eigenvalue weighted by atomic mass is 16.5. The maximum absolute atomic E-state index is 11.8. The highest BCUT2D eigenvalue weighted by molar-refractivity contribution is 5.73. The summed E-state index contributed by atoms with van der Waals surface area (Å²) in [5.74, 6) is 0.912. The van der Waals surface area contributed by atoms with Gasteiger partial charge in [0.1, 0.15) is 0 Å². The predicted octanol–water partition coefficient (Wildman–Crippen LogP) is 1.96. The van der Waals surface area contributed by atoms with Crippen molar-refractivity contribution in [2.75, 3.05) is 13.2 Å². The minimum Gasteiger partial charge on any atom is -0.372 e.